The minimum absolute atomic E-state index is 0.117. The Kier molecular flexibility index (Phi) is 8.19. The molecule has 0 amide bonds. The molecule has 35 heavy (non-hydrogen) atoms. The zero-order valence-corrected chi connectivity index (χ0v) is 21.5. The van der Waals surface area contributed by atoms with E-state index in [1.54, 1.807) is 6.07 Å². The third-order valence-electron chi connectivity index (χ3n) is 5.69. The highest BCUT2D eigenvalue weighted by Gasteiger charge is 2.25. The van der Waals surface area contributed by atoms with E-state index in [1.807, 2.05) is 52.9 Å². The van der Waals surface area contributed by atoms with Crippen LogP contribution in [0.5, 0.6) is 0 Å². The Bertz CT molecular complexity index is 1290. The van der Waals surface area contributed by atoms with Crippen molar-refractivity contribution in [1.82, 2.24) is 9.62 Å². The van der Waals surface area contributed by atoms with Crippen LogP contribution >= 0.6 is 22.6 Å². The van der Waals surface area contributed by atoms with Gasteiger partial charge in [0.05, 0.1) is 11.4 Å². The highest BCUT2D eigenvalue weighted by Crippen LogP contribution is 2.32. The van der Waals surface area contributed by atoms with Gasteiger partial charge in [-0.3, -0.25) is 9.62 Å². The van der Waals surface area contributed by atoms with E-state index in [1.165, 1.54) is 17.7 Å². The monoisotopic (exact) mass is 616 g/mol. The fourth-order valence-corrected chi connectivity index (χ4v) is 5.57. The smallest absolute Gasteiger partial charge is 0.299 e. The minimum Gasteiger partial charge on any atom is -0.349 e. The number of hydrogen-bond donors (Lipinski definition) is 3. The molecule has 3 N–H and O–H groups in total. The Morgan fingerprint density at radius 3 is 2.29 bits per heavy atom. The van der Waals surface area contributed by atoms with E-state index in [-0.39, 0.29) is 17.4 Å². The highest BCUT2D eigenvalue weighted by molar-refractivity contribution is 14.1. The molecule has 0 bridgehead atoms. The van der Waals surface area contributed by atoms with E-state index in [2.05, 4.69) is 19.7 Å². The van der Waals surface area contributed by atoms with Gasteiger partial charge >= 0.3 is 0 Å². The number of halogens is 4. The Labute approximate surface area is 216 Å². The lowest BCUT2D eigenvalue weighted by molar-refractivity contribution is 0.200. The van der Waals surface area contributed by atoms with Gasteiger partial charge in [-0.25, -0.2) is 13.2 Å². The van der Waals surface area contributed by atoms with Crippen LogP contribution in [0.1, 0.15) is 18.4 Å². The number of benzene rings is 3. The van der Waals surface area contributed by atoms with Gasteiger partial charge in [-0.1, -0.05) is 30.3 Å². The molecule has 0 saturated carbocycles. The SMILES string of the molecule is O=S(=O)(Nc1ccc(F)c(F)c1Nc1ccc(I)cc1F)NC1CCN(Cc2ccccc2)CC1. The molecular weight excluding hydrogens is 592 g/mol. The van der Waals surface area contributed by atoms with Crippen molar-refractivity contribution < 1.29 is 21.6 Å². The lowest BCUT2D eigenvalue weighted by Gasteiger charge is -2.32. The Morgan fingerprint density at radius 1 is 0.914 bits per heavy atom. The fraction of sp³-hybridized carbons (Fsp3) is 0.250. The number of hydrogen-bond acceptors (Lipinski definition) is 4. The van der Waals surface area contributed by atoms with Crippen LogP contribution in [0.15, 0.2) is 60.7 Å². The topological polar surface area (TPSA) is 73.5 Å². The number of piperidine rings is 1. The molecule has 1 fully saturated rings. The zero-order valence-electron chi connectivity index (χ0n) is 18.6. The number of anilines is 3. The summed E-state index contributed by atoms with van der Waals surface area (Å²) in [6.07, 6.45) is 1.20. The quantitative estimate of drug-likeness (QED) is 0.298. The van der Waals surface area contributed by atoms with E-state index in [0.29, 0.717) is 29.5 Å². The van der Waals surface area contributed by atoms with Crippen LogP contribution in [0.4, 0.5) is 30.2 Å². The first kappa shape index (κ1) is 25.7. The molecular formula is C24H24F3IN4O2S. The van der Waals surface area contributed by atoms with Gasteiger partial charge in [0, 0.05) is 29.2 Å². The van der Waals surface area contributed by atoms with Crippen molar-refractivity contribution in [1.29, 1.82) is 0 Å². The molecule has 186 valence electrons. The number of nitrogens with zero attached hydrogens (tertiary/aromatic N) is 1. The summed E-state index contributed by atoms with van der Waals surface area (Å²) in [6.45, 7) is 2.22. The summed E-state index contributed by atoms with van der Waals surface area (Å²) in [5.74, 6) is -3.20. The van der Waals surface area contributed by atoms with E-state index in [9.17, 15) is 21.6 Å². The van der Waals surface area contributed by atoms with E-state index >= 15 is 0 Å². The standard InChI is InChI=1S/C24H24F3IN4O2S/c25-19-7-9-22(24(23(19)27)29-21-8-6-17(28)14-20(21)26)31-35(33,34)30-18-10-12-32(13-11-18)15-16-4-2-1-3-5-16/h1-9,14,18,29-31H,10-13,15H2. The van der Waals surface area contributed by atoms with Gasteiger partial charge < -0.3 is 5.32 Å². The normalized spacial score (nSPS) is 15.2. The van der Waals surface area contributed by atoms with Crippen LogP contribution in [0.25, 0.3) is 0 Å². The molecule has 0 unspecified atom stereocenters. The van der Waals surface area contributed by atoms with Crippen molar-refractivity contribution in [3.8, 4) is 0 Å². The summed E-state index contributed by atoms with van der Waals surface area (Å²) >= 11 is 1.92. The molecule has 3 aromatic carbocycles. The van der Waals surface area contributed by atoms with Gasteiger partial charge in [-0.2, -0.15) is 13.1 Å². The van der Waals surface area contributed by atoms with E-state index < -0.39 is 33.3 Å². The van der Waals surface area contributed by atoms with Crippen molar-refractivity contribution in [2.45, 2.75) is 25.4 Å². The first-order valence-corrected chi connectivity index (χ1v) is 13.5. The first-order valence-electron chi connectivity index (χ1n) is 11.0. The van der Waals surface area contributed by atoms with Crippen LogP contribution < -0.4 is 14.8 Å². The first-order chi connectivity index (χ1) is 16.7. The van der Waals surface area contributed by atoms with Gasteiger partial charge in [-0.15, -0.1) is 0 Å². The molecule has 1 aliphatic rings. The maximum atomic E-state index is 14.6. The number of nitrogens with one attached hydrogen (secondary N) is 3. The maximum Gasteiger partial charge on any atom is 0.299 e. The van der Waals surface area contributed by atoms with Gasteiger partial charge in [0.2, 0.25) is 0 Å². The summed E-state index contributed by atoms with van der Waals surface area (Å²) in [6, 6.07) is 15.8. The molecule has 0 atom stereocenters. The highest BCUT2D eigenvalue weighted by atomic mass is 127. The molecule has 1 saturated heterocycles. The average molecular weight is 616 g/mol. The summed E-state index contributed by atoms with van der Waals surface area (Å²) < 4.78 is 73.8. The lowest BCUT2D eigenvalue weighted by Crippen LogP contribution is -2.46. The van der Waals surface area contributed by atoms with Gasteiger partial charge in [0.15, 0.2) is 11.6 Å². The van der Waals surface area contributed by atoms with Crippen LogP contribution in [-0.2, 0) is 16.8 Å². The van der Waals surface area contributed by atoms with Crippen molar-refractivity contribution >= 4 is 49.9 Å². The van der Waals surface area contributed by atoms with Crippen molar-refractivity contribution in [2.75, 3.05) is 23.1 Å². The Balaban J connectivity index is 1.42. The minimum atomic E-state index is -4.11. The fourth-order valence-electron chi connectivity index (χ4n) is 3.93. The van der Waals surface area contributed by atoms with Crippen LogP contribution in [0.2, 0.25) is 0 Å². The summed E-state index contributed by atoms with van der Waals surface area (Å²) in [7, 11) is -4.11. The molecule has 1 heterocycles. The van der Waals surface area contributed by atoms with E-state index in [4.69, 9.17) is 0 Å². The molecule has 3 aromatic rings. The summed E-state index contributed by atoms with van der Waals surface area (Å²) in [5, 5.41) is 2.48. The second kappa shape index (κ2) is 11.1. The Morgan fingerprint density at radius 2 is 1.60 bits per heavy atom. The molecule has 11 heteroatoms. The second-order valence-electron chi connectivity index (χ2n) is 8.29. The Hall–Kier alpha value is -2.35. The van der Waals surface area contributed by atoms with Crippen molar-refractivity contribution in [3.05, 3.63) is 87.2 Å². The molecule has 4 rings (SSSR count). The summed E-state index contributed by atoms with van der Waals surface area (Å²) in [5.41, 5.74) is 0.328. The van der Waals surface area contributed by atoms with Crippen molar-refractivity contribution in [2.24, 2.45) is 0 Å². The molecule has 0 aromatic heterocycles. The molecule has 0 radical (unpaired) electrons. The second-order valence-corrected chi connectivity index (χ2v) is 11.0. The predicted molar refractivity (Wildman–Crippen MR) is 139 cm³/mol. The molecule has 0 aliphatic carbocycles. The van der Waals surface area contributed by atoms with Crippen LogP contribution in [0.3, 0.4) is 0 Å². The molecule has 6 nitrogen and oxygen atoms in total. The van der Waals surface area contributed by atoms with E-state index in [0.717, 1.165) is 18.7 Å². The average Bonchev–Trinajstić information content (AvgIpc) is 2.82. The third kappa shape index (κ3) is 6.87. The molecule has 1 aliphatic heterocycles. The van der Waals surface area contributed by atoms with Crippen LogP contribution in [-0.4, -0.2) is 32.4 Å². The van der Waals surface area contributed by atoms with Crippen LogP contribution in [0, 0.1) is 21.0 Å². The van der Waals surface area contributed by atoms with Gasteiger partial charge in [-0.05, 0) is 71.3 Å². The maximum absolute atomic E-state index is 14.6. The summed E-state index contributed by atoms with van der Waals surface area (Å²) in [4.78, 5) is 2.25. The third-order valence-corrected chi connectivity index (χ3v) is 7.49. The van der Waals surface area contributed by atoms with Crippen molar-refractivity contribution in [3.63, 3.8) is 0 Å². The predicted octanol–water partition coefficient (Wildman–Crippen LogP) is 5.36. The lowest BCUT2D eigenvalue weighted by atomic mass is 10.1. The molecule has 0 spiro atoms. The zero-order chi connectivity index (χ0) is 25.0. The number of rotatable bonds is 8. The largest absolute Gasteiger partial charge is 0.349 e. The number of likely N-dealkylation sites (tertiary alicyclic amines) is 1. The van der Waals surface area contributed by atoms with Gasteiger partial charge in [0.1, 0.15) is 11.5 Å². The van der Waals surface area contributed by atoms with Gasteiger partial charge in [0.25, 0.3) is 10.2 Å².